The van der Waals surface area contributed by atoms with E-state index in [0.717, 1.165) is 29.8 Å². The van der Waals surface area contributed by atoms with E-state index in [9.17, 15) is 5.11 Å². The Labute approximate surface area is 126 Å². The van der Waals surface area contributed by atoms with Gasteiger partial charge in [0.25, 0.3) is 0 Å². The van der Waals surface area contributed by atoms with Crippen LogP contribution in [0, 0.1) is 0 Å². The molecule has 0 saturated heterocycles. The van der Waals surface area contributed by atoms with Gasteiger partial charge >= 0.3 is 0 Å². The normalized spacial score (nSPS) is 11.5. The highest BCUT2D eigenvalue weighted by atomic mass is 16.3. The highest BCUT2D eigenvalue weighted by molar-refractivity contribution is 5.81. The minimum absolute atomic E-state index is 0.176. The first-order chi connectivity index (χ1) is 10.2. The van der Waals surface area contributed by atoms with Crippen molar-refractivity contribution in [2.24, 2.45) is 0 Å². The molecule has 0 unspecified atom stereocenters. The van der Waals surface area contributed by atoms with Crippen LogP contribution >= 0.6 is 0 Å². The van der Waals surface area contributed by atoms with Crippen molar-refractivity contribution in [2.75, 3.05) is 25.0 Å². The number of fused-ring (bicyclic) bond motifs is 1. The van der Waals surface area contributed by atoms with Crippen LogP contribution in [0.15, 0.2) is 30.3 Å². The molecule has 2 aromatic rings. The van der Waals surface area contributed by atoms with Gasteiger partial charge in [-0.25, -0.2) is 4.98 Å². The van der Waals surface area contributed by atoms with Gasteiger partial charge in [0.15, 0.2) is 0 Å². The number of pyridine rings is 1. The highest BCUT2D eigenvalue weighted by Gasteiger charge is 2.13. The molecule has 4 heteroatoms. The van der Waals surface area contributed by atoms with Gasteiger partial charge in [0, 0.05) is 36.6 Å². The number of hydrogen-bond donors (Lipinski definition) is 2. The summed E-state index contributed by atoms with van der Waals surface area (Å²) in [5.74, 6) is 0.944. The van der Waals surface area contributed by atoms with Crippen LogP contribution in [0.3, 0.4) is 0 Å². The summed E-state index contributed by atoms with van der Waals surface area (Å²) in [5, 5.41) is 13.7. The maximum Gasteiger partial charge on any atom is 0.131 e. The van der Waals surface area contributed by atoms with E-state index < -0.39 is 0 Å². The van der Waals surface area contributed by atoms with E-state index >= 15 is 0 Å². The van der Waals surface area contributed by atoms with E-state index in [1.165, 1.54) is 5.56 Å². The van der Waals surface area contributed by atoms with E-state index in [1.54, 1.807) is 0 Å². The summed E-state index contributed by atoms with van der Waals surface area (Å²) in [6.45, 7) is 8.87. The average molecular weight is 287 g/mol. The van der Waals surface area contributed by atoms with Crippen LogP contribution in [-0.2, 0) is 6.54 Å². The molecule has 114 valence electrons. The maximum atomic E-state index is 9.24. The number of nitrogens with zero attached hydrogens (tertiary/aromatic N) is 2. The first-order valence-corrected chi connectivity index (χ1v) is 7.63. The molecule has 2 rings (SSSR count). The molecule has 0 fully saturated rings. The van der Waals surface area contributed by atoms with Gasteiger partial charge in [-0.2, -0.15) is 0 Å². The van der Waals surface area contributed by atoms with Gasteiger partial charge in [0.2, 0.25) is 0 Å². The minimum atomic E-state index is 0.176. The molecule has 1 aromatic carbocycles. The van der Waals surface area contributed by atoms with Crippen molar-refractivity contribution in [3.63, 3.8) is 0 Å². The third-order valence-electron chi connectivity index (χ3n) is 3.64. The van der Waals surface area contributed by atoms with E-state index in [4.69, 9.17) is 4.98 Å². The summed E-state index contributed by atoms with van der Waals surface area (Å²) < 4.78 is 0. The summed E-state index contributed by atoms with van der Waals surface area (Å²) in [7, 11) is 0. The Kier molecular flexibility index (Phi) is 5.53. The molecule has 1 heterocycles. The van der Waals surface area contributed by atoms with Gasteiger partial charge in [-0.15, -0.1) is 0 Å². The molecule has 0 aliphatic heterocycles. The van der Waals surface area contributed by atoms with Crippen molar-refractivity contribution in [3.05, 3.63) is 35.9 Å². The number of para-hydroxylation sites is 1. The van der Waals surface area contributed by atoms with Crippen molar-refractivity contribution in [2.45, 2.75) is 33.4 Å². The third kappa shape index (κ3) is 3.93. The number of nitrogens with one attached hydrogen (secondary N) is 1. The fraction of sp³-hybridized carbons (Fsp3) is 0.471. The van der Waals surface area contributed by atoms with Crippen LogP contribution in [0.25, 0.3) is 10.9 Å². The minimum Gasteiger partial charge on any atom is -0.395 e. The molecule has 0 radical (unpaired) electrons. The Balaban J connectivity index is 2.37. The monoisotopic (exact) mass is 287 g/mol. The number of benzene rings is 1. The molecule has 0 spiro atoms. The highest BCUT2D eigenvalue weighted by Crippen LogP contribution is 2.22. The van der Waals surface area contributed by atoms with Crippen molar-refractivity contribution in [1.29, 1.82) is 0 Å². The van der Waals surface area contributed by atoms with Crippen molar-refractivity contribution in [1.82, 2.24) is 9.88 Å². The number of aromatic nitrogens is 1. The van der Waals surface area contributed by atoms with Crippen LogP contribution in [0.4, 0.5) is 5.82 Å². The number of aliphatic hydroxyl groups is 1. The Hall–Kier alpha value is -1.65. The lowest BCUT2D eigenvalue weighted by atomic mass is 10.1. The van der Waals surface area contributed by atoms with E-state index in [2.05, 4.69) is 43.1 Å². The van der Waals surface area contributed by atoms with Gasteiger partial charge in [-0.1, -0.05) is 18.2 Å². The molecule has 0 aliphatic carbocycles. The van der Waals surface area contributed by atoms with Crippen LogP contribution in [0.5, 0.6) is 0 Å². The topological polar surface area (TPSA) is 48.4 Å². The van der Waals surface area contributed by atoms with Crippen LogP contribution in [0.2, 0.25) is 0 Å². The first-order valence-electron chi connectivity index (χ1n) is 7.63. The molecule has 0 amide bonds. The summed E-state index contributed by atoms with van der Waals surface area (Å²) in [6, 6.07) is 10.8. The zero-order valence-electron chi connectivity index (χ0n) is 13.1. The largest absolute Gasteiger partial charge is 0.395 e. The number of hydrogen-bond acceptors (Lipinski definition) is 4. The molecule has 4 nitrogen and oxygen atoms in total. The quantitative estimate of drug-likeness (QED) is 0.822. The second-order valence-corrected chi connectivity index (χ2v) is 5.51. The van der Waals surface area contributed by atoms with E-state index in [0.29, 0.717) is 12.6 Å². The predicted molar refractivity (Wildman–Crippen MR) is 88.5 cm³/mol. The second kappa shape index (κ2) is 7.38. The lowest BCUT2D eigenvalue weighted by Crippen LogP contribution is -2.33. The maximum absolute atomic E-state index is 9.24. The lowest BCUT2D eigenvalue weighted by Gasteiger charge is -2.26. The van der Waals surface area contributed by atoms with Gasteiger partial charge in [0.05, 0.1) is 12.1 Å². The molecule has 0 bridgehead atoms. The standard InChI is InChI=1S/C17H25N3O/c1-4-18-17-15(12-20(9-10-21)13(2)3)11-14-7-5-6-8-16(14)19-17/h5-8,11,13,21H,4,9-10,12H2,1-3H3,(H,18,19). The number of aliphatic hydroxyl groups excluding tert-OH is 1. The summed E-state index contributed by atoms with van der Waals surface area (Å²) in [5.41, 5.74) is 2.19. The molecule has 21 heavy (non-hydrogen) atoms. The van der Waals surface area contributed by atoms with Gasteiger partial charge < -0.3 is 10.4 Å². The van der Waals surface area contributed by atoms with Crippen LogP contribution in [0.1, 0.15) is 26.3 Å². The Bertz CT molecular complexity index is 583. The van der Waals surface area contributed by atoms with Crippen molar-refractivity contribution >= 4 is 16.7 Å². The summed E-state index contributed by atoms with van der Waals surface area (Å²) >= 11 is 0. The Morgan fingerprint density at radius 3 is 2.71 bits per heavy atom. The Morgan fingerprint density at radius 2 is 2.05 bits per heavy atom. The molecule has 0 saturated carbocycles. The fourth-order valence-corrected chi connectivity index (χ4v) is 2.47. The molecule has 0 aliphatic rings. The van der Waals surface area contributed by atoms with Crippen LogP contribution < -0.4 is 5.32 Å². The molecular weight excluding hydrogens is 262 g/mol. The second-order valence-electron chi connectivity index (χ2n) is 5.51. The SMILES string of the molecule is CCNc1nc2ccccc2cc1CN(CCO)C(C)C. The van der Waals surface area contributed by atoms with E-state index in [1.807, 2.05) is 18.2 Å². The van der Waals surface area contributed by atoms with Crippen molar-refractivity contribution < 1.29 is 5.11 Å². The van der Waals surface area contributed by atoms with Crippen LogP contribution in [-0.4, -0.2) is 40.7 Å². The summed E-state index contributed by atoms with van der Waals surface area (Å²) in [6.07, 6.45) is 0. The van der Waals surface area contributed by atoms with Gasteiger partial charge in [0.1, 0.15) is 5.82 Å². The Morgan fingerprint density at radius 1 is 1.29 bits per heavy atom. The zero-order valence-corrected chi connectivity index (χ0v) is 13.1. The summed E-state index contributed by atoms with van der Waals surface area (Å²) in [4.78, 5) is 6.99. The van der Waals surface area contributed by atoms with E-state index in [-0.39, 0.29) is 6.61 Å². The number of anilines is 1. The molecule has 2 N–H and O–H groups in total. The van der Waals surface area contributed by atoms with Gasteiger partial charge in [-0.3, -0.25) is 4.90 Å². The molecule has 0 atom stereocenters. The first kappa shape index (κ1) is 15.7. The molecule has 1 aromatic heterocycles. The zero-order chi connectivity index (χ0) is 15.2. The average Bonchev–Trinajstić information content (AvgIpc) is 2.47. The smallest absolute Gasteiger partial charge is 0.131 e. The van der Waals surface area contributed by atoms with Gasteiger partial charge in [-0.05, 0) is 32.9 Å². The third-order valence-corrected chi connectivity index (χ3v) is 3.64. The van der Waals surface area contributed by atoms with Crippen molar-refractivity contribution in [3.8, 4) is 0 Å². The fourth-order valence-electron chi connectivity index (χ4n) is 2.47. The lowest BCUT2D eigenvalue weighted by molar-refractivity contribution is 0.159. The predicted octanol–water partition coefficient (Wildman–Crippen LogP) is 2.87. The number of rotatable bonds is 7. The molecular formula is C17H25N3O.